The van der Waals surface area contributed by atoms with Crippen molar-refractivity contribution in [1.29, 1.82) is 15.8 Å². The summed E-state index contributed by atoms with van der Waals surface area (Å²) in [7, 11) is -2.17. The SMILES string of the molecule is OB(O)O.[CH2-]CCCCCCC(C#N)(C#N)C#N.[K+]. The molecule has 0 atom stereocenters. The predicted octanol–water partition coefficient (Wildman–Crippen LogP) is -2.33. The van der Waals surface area contributed by atoms with E-state index in [-0.39, 0.29) is 51.4 Å². The molecule has 0 aliphatic rings. The van der Waals surface area contributed by atoms with Crippen LogP contribution in [0.1, 0.15) is 38.5 Å². The first kappa shape index (κ1) is 24.1. The van der Waals surface area contributed by atoms with E-state index in [0.29, 0.717) is 6.42 Å². The van der Waals surface area contributed by atoms with Crippen LogP contribution in [0.2, 0.25) is 0 Å². The van der Waals surface area contributed by atoms with E-state index in [2.05, 4.69) is 6.92 Å². The normalized spacial score (nSPS) is 8.68. The molecule has 0 aliphatic carbocycles. The van der Waals surface area contributed by atoms with Crippen LogP contribution in [0, 0.1) is 46.3 Å². The Kier molecular flexibility index (Phi) is 20.4. The molecule has 0 bridgehead atoms. The molecule has 6 nitrogen and oxygen atoms in total. The van der Waals surface area contributed by atoms with E-state index in [1.165, 1.54) is 0 Å². The average molecular weight is 289 g/mol. The molecular weight excluding hydrogens is 272 g/mol. The van der Waals surface area contributed by atoms with Gasteiger partial charge in [0.1, 0.15) is 18.2 Å². The molecule has 0 saturated carbocycles. The summed E-state index contributed by atoms with van der Waals surface area (Å²) in [5, 5.41) is 47.5. The van der Waals surface area contributed by atoms with Crippen LogP contribution < -0.4 is 51.4 Å². The zero-order valence-corrected chi connectivity index (χ0v) is 14.3. The minimum atomic E-state index is -2.17. The van der Waals surface area contributed by atoms with Crippen molar-refractivity contribution in [2.45, 2.75) is 38.5 Å². The molecule has 0 heterocycles. The van der Waals surface area contributed by atoms with Gasteiger partial charge in [-0.15, -0.1) is 0 Å². The van der Waals surface area contributed by atoms with Crippen LogP contribution in [0.5, 0.6) is 0 Å². The van der Waals surface area contributed by atoms with Crippen molar-refractivity contribution in [3.05, 3.63) is 6.92 Å². The van der Waals surface area contributed by atoms with Gasteiger partial charge < -0.3 is 22.0 Å². The maximum Gasteiger partial charge on any atom is 1.00 e. The van der Waals surface area contributed by atoms with Crippen molar-refractivity contribution in [2.75, 3.05) is 0 Å². The van der Waals surface area contributed by atoms with Gasteiger partial charge >= 0.3 is 58.7 Å². The van der Waals surface area contributed by atoms with Gasteiger partial charge in [0.05, 0.1) is 0 Å². The van der Waals surface area contributed by atoms with Crippen molar-refractivity contribution in [3.8, 4) is 18.2 Å². The van der Waals surface area contributed by atoms with E-state index >= 15 is 0 Å². The standard InChI is InChI=1S/C11H14N3.BH3O3.K/c1-2-3-4-5-6-7-11(8-12,9-13)10-14;2-1(3)4;/h1-7H2;2-4H;/q-1;;+1. The first-order chi connectivity index (χ1) is 8.47. The summed E-state index contributed by atoms with van der Waals surface area (Å²) in [6.07, 6.45) is 5.12. The molecule has 0 aromatic heterocycles. The summed E-state index contributed by atoms with van der Waals surface area (Å²) >= 11 is 0. The second-order valence-electron chi connectivity index (χ2n) is 3.60. The molecule has 0 radical (unpaired) electrons. The Bertz CT molecular complexity index is 295. The van der Waals surface area contributed by atoms with E-state index in [1.807, 2.05) is 0 Å². The molecule has 0 fully saturated rings. The third-order valence-electron chi connectivity index (χ3n) is 2.12. The number of nitriles is 3. The first-order valence-corrected chi connectivity index (χ1v) is 5.55. The molecular formula is C11H17BKN3O3. The second-order valence-corrected chi connectivity index (χ2v) is 3.60. The number of rotatable bonds is 6. The zero-order valence-electron chi connectivity index (χ0n) is 11.2. The molecule has 98 valence electrons. The van der Waals surface area contributed by atoms with Crippen LogP contribution in [0.3, 0.4) is 0 Å². The zero-order chi connectivity index (χ0) is 14.4. The molecule has 19 heavy (non-hydrogen) atoms. The third-order valence-corrected chi connectivity index (χ3v) is 2.12. The van der Waals surface area contributed by atoms with Crippen LogP contribution in [-0.2, 0) is 0 Å². The molecule has 8 heteroatoms. The van der Waals surface area contributed by atoms with E-state index in [4.69, 9.17) is 30.9 Å². The number of nitrogens with zero attached hydrogens (tertiary/aromatic N) is 3. The van der Waals surface area contributed by atoms with Crippen LogP contribution in [0.4, 0.5) is 0 Å². The summed E-state index contributed by atoms with van der Waals surface area (Å²) in [6, 6.07) is 5.31. The van der Waals surface area contributed by atoms with Gasteiger partial charge in [0, 0.05) is 0 Å². The molecule has 0 saturated heterocycles. The summed E-state index contributed by atoms with van der Waals surface area (Å²) in [6.45, 7) is 3.72. The second kappa shape index (κ2) is 16.1. The van der Waals surface area contributed by atoms with Crippen molar-refractivity contribution >= 4 is 7.32 Å². The van der Waals surface area contributed by atoms with Crippen molar-refractivity contribution < 1.29 is 66.5 Å². The van der Waals surface area contributed by atoms with Gasteiger partial charge in [0.2, 0.25) is 5.41 Å². The Morgan fingerprint density at radius 3 is 1.58 bits per heavy atom. The van der Waals surface area contributed by atoms with Gasteiger partial charge in [-0.05, 0) is 12.8 Å². The Balaban J connectivity index is -0.000000448. The third kappa shape index (κ3) is 16.0. The van der Waals surface area contributed by atoms with Crippen LogP contribution in [0.25, 0.3) is 0 Å². The summed E-state index contributed by atoms with van der Waals surface area (Å²) in [4.78, 5) is 0. The minimum Gasteiger partial charge on any atom is -0.402 e. The van der Waals surface area contributed by atoms with E-state index < -0.39 is 12.7 Å². The maximum absolute atomic E-state index is 8.67. The van der Waals surface area contributed by atoms with Gasteiger partial charge in [0.25, 0.3) is 0 Å². The Hall–Kier alpha value is 0.0513. The summed E-state index contributed by atoms with van der Waals surface area (Å²) in [5.41, 5.74) is -1.43. The Morgan fingerprint density at radius 1 is 0.895 bits per heavy atom. The average Bonchev–Trinajstić information content (AvgIpc) is 2.34. The van der Waals surface area contributed by atoms with Crippen molar-refractivity contribution in [3.63, 3.8) is 0 Å². The fraction of sp³-hybridized carbons (Fsp3) is 0.636. The van der Waals surface area contributed by atoms with Gasteiger partial charge in [-0.25, -0.2) is 0 Å². The molecule has 0 aromatic rings. The quantitative estimate of drug-likeness (QED) is 0.285. The molecule has 0 aliphatic heterocycles. The van der Waals surface area contributed by atoms with E-state index in [9.17, 15) is 0 Å². The maximum atomic E-state index is 8.67. The van der Waals surface area contributed by atoms with Gasteiger partial charge in [0.15, 0.2) is 0 Å². The number of hydrogen-bond acceptors (Lipinski definition) is 6. The Labute approximate surface area is 157 Å². The van der Waals surface area contributed by atoms with Crippen molar-refractivity contribution in [1.82, 2.24) is 0 Å². The fourth-order valence-corrected chi connectivity index (χ4v) is 1.16. The molecule has 0 aromatic carbocycles. The number of unbranched alkanes of at least 4 members (excludes halogenated alkanes) is 4. The summed E-state index contributed by atoms with van der Waals surface area (Å²) < 4.78 is 0. The van der Waals surface area contributed by atoms with Crippen LogP contribution in [0.15, 0.2) is 0 Å². The first-order valence-electron chi connectivity index (χ1n) is 5.55. The van der Waals surface area contributed by atoms with Gasteiger partial charge in [-0.1, -0.05) is 19.3 Å². The monoisotopic (exact) mass is 289 g/mol. The molecule has 0 rings (SSSR count). The van der Waals surface area contributed by atoms with Crippen LogP contribution >= 0.6 is 0 Å². The van der Waals surface area contributed by atoms with Crippen molar-refractivity contribution in [2.24, 2.45) is 5.41 Å². The van der Waals surface area contributed by atoms with E-state index in [0.717, 1.165) is 32.1 Å². The molecule has 0 unspecified atom stereocenters. The predicted molar refractivity (Wildman–Crippen MR) is 64.7 cm³/mol. The Morgan fingerprint density at radius 2 is 1.26 bits per heavy atom. The smallest absolute Gasteiger partial charge is 0.402 e. The topological polar surface area (TPSA) is 132 Å². The largest absolute Gasteiger partial charge is 1.00 e. The number of hydrogen-bond donors (Lipinski definition) is 3. The summed E-state index contributed by atoms with van der Waals surface area (Å²) in [5.74, 6) is 0. The van der Waals surface area contributed by atoms with Crippen LogP contribution in [-0.4, -0.2) is 22.4 Å². The molecule has 0 amide bonds. The van der Waals surface area contributed by atoms with Gasteiger partial charge in [-0.2, -0.15) is 22.2 Å². The van der Waals surface area contributed by atoms with Gasteiger partial charge in [-0.3, -0.25) is 0 Å². The molecule has 0 spiro atoms. The van der Waals surface area contributed by atoms with E-state index in [1.54, 1.807) is 18.2 Å². The molecule has 3 N–H and O–H groups in total. The minimum absolute atomic E-state index is 0. The fourth-order valence-electron chi connectivity index (χ4n) is 1.16.